The fourth-order valence-electron chi connectivity index (χ4n) is 4.15. The lowest BCUT2D eigenvalue weighted by molar-refractivity contribution is -0.113. The van der Waals surface area contributed by atoms with Crippen LogP contribution in [0.25, 0.3) is 10.9 Å². The van der Waals surface area contributed by atoms with Gasteiger partial charge in [0, 0.05) is 17.3 Å². The summed E-state index contributed by atoms with van der Waals surface area (Å²) in [4.78, 5) is 30.8. The summed E-state index contributed by atoms with van der Waals surface area (Å²) in [6.07, 6.45) is 3.54. The van der Waals surface area contributed by atoms with Gasteiger partial charge in [-0.3, -0.25) is 14.2 Å². The number of hydrogen-bond donors (Lipinski definition) is 1. The number of rotatable bonds is 8. The summed E-state index contributed by atoms with van der Waals surface area (Å²) in [7, 11) is 0. The number of nitrogens with one attached hydrogen (secondary N) is 1. The molecule has 3 aromatic rings. The Kier molecular flexibility index (Phi) is 7.73. The lowest BCUT2D eigenvalue weighted by Crippen LogP contribution is -2.29. The van der Waals surface area contributed by atoms with Crippen LogP contribution in [-0.4, -0.2) is 33.9 Å². The fraction of sp³-hybridized carbons (Fsp3) is 0.400. The third-order valence-corrected chi connectivity index (χ3v) is 7.10. The minimum Gasteiger partial charge on any atom is -0.376 e. The highest BCUT2D eigenvalue weighted by Crippen LogP contribution is 2.25. The number of benzene rings is 2. The maximum atomic E-state index is 13.3. The second-order valence-corrected chi connectivity index (χ2v) is 9.48. The van der Waals surface area contributed by atoms with Crippen molar-refractivity contribution in [3.8, 4) is 0 Å². The van der Waals surface area contributed by atoms with Gasteiger partial charge < -0.3 is 10.1 Å². The molecule has 1 aliphatic rings. The molecular formula is C25H28ClN3O3S. The first kappa shape index (κ1) is 23.8. The maximum absolute atomic E-state index is 13.3. The van der Waals surface area contributed by atoms with Crippen LogP contribution in [0.5, 0.6) is 0 Å². The highest BCUT2D eigenvalue weighted by molar-refractivity contribution is 7.99. The first-order valence-corrected chi connectivity index (χ1v) is 12.7. The Morgan fingerprint density at radius 3 is 2.67 bits per heavy atom. The fourth-order valence-corrected chi connectivity index (χ4v) is 5.12. The quantitative estimate of drug-likeness (QED) is 0.355. The second kappa shape index (κ2) is 10.7. The van der Waals surface area contributed by atoms with Crippen molar-refractivity contribution in [2.75, 3.05) is 17.7 Å². The molecule has 0 spiro atoms. The lowest BCUT2D eigenvalue weighted by Gasteiger charge is -2.17. The van der Waals surface area contributed by atoms with Crippen molar-refractivity contribution in [1.82, 2.24) is 9.55 Å². The molecule has 1 N–H and O–H groups in total. The Bertz CT molecular complexity index is 1200. The van der Waals surface area contributed by atoms with Crippen molar-refractivity contribution in [2.24, 2.45) is 0 Å². The van der Waals surface area contributed by atoms with Gasteiger partial charge in [0.15, 0.2) is 5.16 Å². The van der Waals surface area contributed by atoms with Gasteiger partial charge in [-0.15, -0.1) is 0 Å². The van der Waals surface area contributed by atoms with E-state index in [9.17, 15) is 9.59 Å². The van der Waals surface area contributed by atoms with Gasteiger partial charge in [0.25, 0.3) is 5.56 Å². The first-order valence-electron chi connectivity index (χ1n) is 11.3. The minimum atomic E-state index is -0.139. The topological polar surface area (TPSA) is 73.2 Å². The molecule has 1 fully saturated rings. The molecule has 1 atom stereocenters. The van der Waals surface area contributed by atoms with Crippen LogP contribution in [0.1, 0.15) is 37.8 Å². The van der Waals surface area contributed by atoms with Crippen LogP contribution in [-0.2, 0) is 28.9 Å². The molecule has 174 valence electrons. The van der Waals surface area contributed by atoms with Crippen LogP contribution in [0.3, 0.4) is 0 Å². The molecule has 1 aromatic heterocycles. The van der Waals surface area contributed by atoms with E-state index in [0.29, 0.717) is 34.2 Å². The lowest BCUT2D eigenvalue weighted by atomic mass is 10.0. The number of nitrogens with zero attached hydrogens (tertiary/aromatic N) is 2. The Morgan fingerprint density at radius 2 is 2.00 bits per heavy atom. The molecule has 4 rings (SSSR count). The van der Waals surface area contributed by atoms with E-state index in [0.717, 1.165) is 42.5 Å². The molecule has 33 heavy (non-hydrogen) atoms. The summed E-state index contributed by atoms with van der Waals surface area (Å²) >= 11 is 7.40. The number of aromatic nitrogens is 2. The zero-order valence-electron chi connectivity index (χ0n) is 18.9. The molecule has 0 aliphatic carbocycles. The Morgan fingerprint density at radius 1 is 1.24 bits per heavy atom. The smallest absolute Gasteiger partial charge is 0.262 e. The van der Waals surface area contributed by atoms with Crippen molar-refractivity contribution < 1.29 is 9.53 Å². The van der Waals surface area contributed by atoms with Crippen molar-refractivity contribution in [3.05, 3.63) is 62.9 Å². The normalized spacial score (nSPS) is 15.8. The van der Waals surface area contributed by atoms with Gasteiger partial charge in [-0.05, 0) is 55.0 Å². The molecule has 2 aromatic carbocycles. The molecule has 0 radical (unpaired) electrons. The van der Waals surface area contributed by atoms with Gasteiger partial charge in [-0.2, -0.15) is 0 Å². The van der Waals surface area contributed by atoms with Crippen molar-refractivity contribution in [2.45, 2.75) is 57.3 Å². The summed E-state index contributed by atoms with van der Waals surface area (Å²) in [5.74, 6) is 0.0188. The van der Waals surface area contributed by atoms with Gasteiger partial charge in [-0.25, -0.2) is 4.98 Å². The molecule has 6 nitrogen and oxygen atoms in total. The third kappa shape index (κ3) is 5.42. The number of carbonyl (C=O) groups excluding carboxylic acids is 1. The highest BCUT2D eigenvalue weighted by Gasteiger charge is 2.21. The van der Waals surface area contributed by atoms with Crippen LogP contribution in [0.4, 0.5) is 5.69 Å². The SMILES string of the molecule is CCc1cccc(CC)c1NC(=O)CSc1nc2cc(Cl)ccc2c(=O)n1CC1CCCO1. The van der Waals surface area contributed by atoms with E-state index in [1.165, 1.54) is 11.8 Å². The number of carbonyl (C=O) groups is 1. The molecule has 8 heteroatoms. The van der Waals surface area contributed by atoms with E-state index in [2.05, 4.69) is 19.2 Å². The van der Waals surface area contributed by atoms with E-state index in [1.807, 2.05) is 18.2 Å². The van der Waals surface area contributed by atoms with Gasteiger partial charge in [-0.1, -0.05) is 55.4 Å². The van der Waals surface area contributed by atoms with E-state index in [4.69, 9.17) is 21.3 Å². The molecule has 1 unspecified atom stereocenters. The zero-order valence-corrected chi connectivity index (χ0v) is 20.5. The van der Waals surface area contributed by atoms with Gasteiger partial charge >= 0.3 is 0 Å². The summed E-state index contributed by atoms with van der Waals surface area (Å²) < 4.78 is 7.40. The Balaban J connectivity index is 1.60. The van der Waals surface area contributed by atoms with Crippen LogP contribution >= 0.6 is 23.4 Å². The van der Waals surface area contributed by atoms with E-state index < -0.39 is 0 Å². The number of anilines is 1. The third-order valence-electron chi connectivity index (χ3n) is 5.89. The number of fused-ring (bicyclic) bond motifs is 1. The predicted octanol–water partition coefficient (Wildman–Crippen LogP) is 5.08. The van der Waals surface area contributed by atoms with Crippen molar-refractivity contribution in [3.63, 3.8) is 0 Å². The zero-order chi connectivity index (χ0) is 23.4. The Labute approximate surface area is 202 Å². The number of ether oxygens (including phenoxy) is 1. The molecule has 0 saturated carbocycles. The van der Waals surface area contributed by atoms with Crippen LogP contribution in [0.2, 0.25) is 5.02 Å². The van der Waals surface area contributed by atoms with Crippen LogP contribution < -0.4 is 10.9 Å². The summed E-state index contributed by atoms with van der Waals surface area (Å²) in [6, 6.07) is 11.2. The predicted molar refractivity (Wildman–Crippen MR) is 135 cm³/mol. The summed E-state index contributed by atoms with van der Waals surface area (Å²) in [6.45, 7) is 5.28. The molecule has 2 heterocycles. The second-order valence-electron chi connectivity index (χ2n) is 8.10. The standard InChI is InChI=1S/C25H28ClN3O3S/c1-3-16-7-5-8-17(4-2)23(16)28-22(30)15-33-25-27-21-13-18(26)10-11-20(21)24(31)29(25)14-19-9-6-12-32-19/h5,7-8,10-11,13,19H,3-4,6,9,12,14-15H2,1-2H3,(H,28,30). The number of thioether (sulfide) groups is 1. The number of para-hydroxylation sites is 1. The van der Waals surface area contributed by atoms with E-state index in [-0.39, 0.29) is 23.3 Å². The number of aryl methyl sites for hydroxylation is 2. The maximum Gasteiger partial charge on any atom is 0.262 e. The molecule has 0 bridgehead atoms. The average molecular weight is 486 g/mol. The van der Waals surface area contributed by atoms with Crippen LogP contribution in [0, 0.1) is 0 Å². The minimum absolute atomic E-state index is 0.0222. The van der Waals surface area contributed by atoms with Gasteiger partial charge in [0.2, 0.25) is 5.91 Å². The summed E-state index contributed by atoms with van der Waals surface area (Å²) in [5.41, 5.74) is 3.51. The highest BCUT2D eigenvalue weighted by atomic mass is 35.5. The van der Waals surface area contributed by atoms with Crippen molar-refractivity contribution in [1.29, 1.82) is 0 Å². The van der Waals surface area contributed by atoms with E-state index in [1.54, 1.807) is 22.8 Å². The average Bonchev–Trinajstić information content (AvgIpc) is 3.33. The largest absolute Gasteiger partial charge is 0.376 e. The van der Waals surface area contributed by atoms with Gasteiger partial charge in [0.1, 0.15) is 0 Å². The monoisotopic (exact) mass is 485 g/mol. The number of hydrogen-bond acceptors (Lipinski definition) is 5. The first-order chi connectivity index (χ1) is 16.0. The molecular weight excluding hydrogens is 458 g/mol. The van der Waals surface area contributed by atoms with Gasteiger partial charge in [0.05, 0.1) is 29.3 Å². The molecule has 1 aliphatic heterocycles. The summed E-state index contributed by atoms with van der Waals surface area (Å²) in [5, 5.41) is 4.61. The number of amides is 1. The van der Waals surface area contributed by atoms with E-state index >= 15 is 0 Å². The molecule has 1 saturated heterocycles. The van der Waals surface area contributed by atoms with Crippen molar-refractivity contribution >= 4 is 45.9 Å². The molecule has 1 amide bonds. The number of halogens is 1. The van der Waals surface area contributed by atoms with Crippen LogP contribution in [0.15, 0.2) is 46.3 Å². The Hall–Kier alpha value is -2.35.